The number of hydrogen-bond acceptors (Lipinski definition) is 5. The van der Waals surface area contributed by atoms with E-state index in [1.165, 1.54) is 22.5 Å². The van der Waals surface area contributed by atoms with Crippen LogP contribution in [0.4, 0.5) is 4.79 Å². The summed E-state index contributed by atoms with van der Waals surface area (Å²) >= 11 is 1.48. The Labute approximate surface area is 183 Å². The Morgan fingerprint density at radius 1 is 1.13 bits per heavy atom. The second-order valence-corrected chi connectivity index (χ2v) is 9.49. The van der Waals surface area contributed by atoms with Gasteiger partial charge in [0.2, 0.25) is 0 Å². The normalized spacial score (nSPS) is 21.6. The van der Waals surface area contributed by atoms with E-state index in [1.54, 1.807) is 6.20 Å². The van der Waals surface area contributed by atoms with E-state index in [1.807, 2.05) is 31.2 Å². The van der Waals surface area contributed by atoms with Crippen molar-refractivity contribution in [3.8, 4) is 11.1 Å². The first kappa shape index (κ1) is 19.8. The molecule has 5 rings (SSSR count). The minimum Gasteiger partial charge on any atom is -0.481 e. The van der Waals surface area contributed by atoms with Gasteiger partial charge in [0.05, 0.1) is 11.5 Å². The van der Waals surface area contributed by atoms with Gasteiger partial charge < -0.3 is 15.2 Å². The molecule has 1 heterocycles. The molecule has 0 saturated heterocycles. The maximum Gasteiger partial charge on any atom is 0.407 e. The van der Waals surface area contributed by atoms with Crippen molar-refractivity contribution < 1.29 is 19.4 Å². The largest absolute Gasteiger partial charge is 0.481 e. The SMILES string of the molecule is Cc1cnc(C2(NC(=O)OCC3c4ccccc4-c4ccccc43)CC(C(=O)O)C2)s1. The molecule has 0 aliphatic heterocycles. The highest BCUT2D eigenvalue weighted by Crippen LogP contribution is 2.47. The van der Waals surface area contributed by atoms with Crippen LogP contribution in [0.3, 0.4) is 0 Å². The third-order valence-corrected chi connectivity index (χ3v) is 7.37. The molecule has 2 aliphatic rings. The van der Waals surface area contributed by atoms with Crippen molar-refractivity contribution in [3.05, 3.63) is 75.7 Å². The van der Waals surface area contributed by atoms with Crippen LogP contribution in [0.2, 0.25) is 0 Å². The van der Waals surface area contributed by atoms with Crippen molar-refractivity contribution in [1.82, 2.24) is 10.3 Å². The summed E-state index contributed by atoms with van der Waals surface area (Å²) in [5.41, 5.74) is 3.87. The van der Waals surface area contributed by atoms with Gasteiger partial charge in [-0.1, -0.05) is 48.5 Å². The molecule has 1 fully saturated rings. The molecule has 1 amide bonds. The first-order valence-corrected chi connectivity index (χ1v) is 11.1. The number of fused-ring (bicyclic) bond motifs is 3. The Hall–Kier alpha value is -3.19. The van der Waals surface area contributed by atoms with Crippen LogP contribution in [0, 0.1) is 12.8 Å². The third-order valence-electron chi connectivity index (χ3n) is 6.25. The topological polar surface area (TPSA) is 88.5 Å². The van der Waals surface area contributed by atoms with E-state index in [0.717, 1.165) is 21.0 Å². The van der Waals surface area contributed by atoms with E-state index in [-0.39, 0.29) is 12.5 Å². The van der Waals surface area contributed by atoms with Gasteiger partial charge in [-0.05, 0) is 42.0 Å². The Kier molecular flexibility index (Phi) is 4.78. The van der Waals surface area contributed by atoms with Crippen LogP contribution >= 0.6 is 11.3 Å². The highest BCUT2D eigenvalue weighted by Gasteiger charge is 2.52. The van der Waals surface area contributed by atoms with Crippen molar-refractivity contribution >= 4 is 23.4 Å². The number of rotatable bonds is 5. The summed E-state index contributed by atoms with van der Waals surface area (Å²) in [5.74, 6) is -1.36. The van der Waals surface area contributed by atoms with Crippen LogP contribution in [-0.2, 0) is 15.1 Å². The van der Waals surface area contributed by atoms with E-state index in [0.29, 0.717) is 12.8 Å². The number of carbonyl (C=O) groups is 2. The van der Waals surface area contributed by atoms with Crippen molar-refractivity contribution in [2.24, 2.45) is 5.92 Å². The molecule has 0 bridgehead atoms. The molecular weight excluding hydrogens is 412 g/mol. The van der Waals surface area contributed by atoms with Crippen LogP contribution in [0.5, 0.6) is 0 Å². The number of ether oxygens (including phenoxy) is 1. The maximum atomic E-state index is 12.8. The average Bonchev–Trinajstić information content (AvgIpc) is 3.30. The van der Waals surface area contributed by atoms with Crippen molar-refractivity contribution in [1.29, 1.82) is 0 Å². The Morgan fingerprint density at radius 2 is 1.74 bits per heavy atom. The van der Waals surface area contributed by atoms with Crippen LogP contribution < -0.4 is 5.32 Å². The van der Waals surface area contributed by atoms with Gasteiger partial charge >= 0.3 is 12.1 Å². The van der Waals surface area contributed by atoms with E-state index >= 15 is 0 Å². The van der Waals surface area contributed by atoms with Gasteiger partial charge in [0, 0.05) is 17.0 Å². The lowest BCUT2D eigenvalue weighted by molar-refractivity contribution is -0.148. The number of hydrogen-bond donors (Lipinski definition) is 2. The van der Waals surface area contributed by atoms with Gasteiger partial charge in [-0.3, -0.25) is 4.79 Å². The molecule has 158 valence electrons. The second kappa shape index (κ2) is 7.50. The number of carbonyl (C=O) groups excluding carboxylic acids is 1. The minimum absolute atomic E-state index is 0.0237. The van der Waals surface area contributed by atoms with Gasteiger partial charge in [0.1, 0.15) is 11.6 Å². The Balaban J connectivity index is 1.32. The number of aryl methyl sites for hydroxylation is 1. The number of nitrogens with zero attached hydrogens (tertiary/aromatic N) is 1. The van der Waals surface area contributed by atoms with E-state index < -0.39 is 23.5 Å². The predicted molar refractivity (Wildman–Crippen MR) is 117 cm³/mol. The van der Waals surface area contributed by atoms with Crippen LogP contribution in [0.15, 0.2) is 54.7 Å². The molecule has 0 spiro atoms. The number of thiazole rings is 1. The fraction of sp³-hybridized carbons (Fsp3) is 0.292. The smallest absolute Gasteiger partial charge is 0.407 e. The summed E-state index contributed by atoms with van der Waals surface area (Å²) in [6.07, 6.45) is 1.84. The predicted octanol–water partition coefficient (Wildman–Crippen LogP) is 4.68. The summed E-state index contributed by atoms with van der Waals surface area (Å²) in [4.78, 5) is 29.6. The quantitative estimate of drug-likeness (QED) is 0.609. The summed E-state index contributed by atoms with van der Waals surface area (Å²) in [7, 11) is 0. The molecule has 3 aromatic rings. The fourth-order valence-corrected chi connectivity index (χ4v) is 5.62. The van der Waals surface area contributed by atoms with Gasteiger partial charge in [0.25, 0.3) is 0 Å². The summed E-state index contributed by atoms with van der Waals surface area (Å²) in [5, 5.41) is 13.0. The maximum absolute atomic E-state index is 12.8. The molecule has 2 aliphatic carbocycles. The molecule has 0 atom stereocenters. The van der Waals surface area contributed by atoms with Gasteiger partial charge in [0.15, 0.2) is 0 Å². The molecule has 1 aromatic heterocycles. The summed E-state index contributed by atoms with van der Waals surface area (Å²) in [6.45, 7) is 2.16. The summed E-state index contributed by atoms with van der Waals surface area (Å²) in [6, 6.07) is 16.4. The first-order valence-electron chi connectivity index (χ1n) is 10.3. The number of carboxylic acids is 1. The molecule has 2 aromatic carbocycles. The monoisotopic (exact) mass is 434 g/mol. The molecule has 7 heteroatoms. The number of nitrogens with one attached hydrogen (secondary N) is 1. The van der Waals surface area contributed by atoms with Crippen molar-refractivity contribution in [2.75, 3.05) is 6.61 Å². The molecule has 2 N–H and O–H groups in total. The lowest BCUT2D eigenvalue weighted by atomic mass is 9.68. The highest BCUT2D eigenvalue weighted by molar-refractivity contribution is 7.11. The van der Waals surface area contributed by atoms with Crippen LogP contribution in [-0.4, -0.2) is 28.8 Å². The number of benzene rings is 2. The first-order chi connectivity index (χ1) is 15.0. The molecule has 6 nitrogen and oxygen atoms in total. The zero-order chi connectivity index (χ0) is 21.6. The van der Waals surface area contributed by atoms with E-state index in [2.05, 4.69) is 34.6 Å². The molecule has 0 radical (unpaired) electrons. The zero-order valence-electron chi connectivity index (χ0n) is 17.0. The van der Waals surface area contributed by atoms with E-state index in [4.69, 9.17) is 4.74 Å². The van der Waals surface area contributed by atoms with Gasteiger partial charge in [-0.15, -0.1) is 11.3 Å². The number of aromatic nitrogens is 1. The number of alkyl carbamates (subject to hydrolysis) is 1. The standard InChI is InChI=1S/C24H22N2O4S/c1-14-12-25-22(31-14)24(10-15(11-24)21(27)28)26-23(29)30-13-20-18-8-4-2-6-16(18)17-7-3-5-9-19(17)20/h2-9,12,15,20H,10-11,13H2,1H3,(H,26,29)(H,27,28). The number of aliphatic carboxylic acids is 1. The van der Waals surface area contributed by atoms with Gasteiger partial charge in [-0.25, -0.2) is 9.78 Å². The molecule has 0 unspecified atom stereocenters. The fourth-order valence-electron chi connectivity index (χ4n) is 4.69. The average molecular weight is 435 g/mol. The highest BCUT2D eigenvalue weighted by atomic mass is 32.1. The van der Waals surface area contributed by atoms with Crippen molar-refractivity contribution in [2.45, 2.75) is 31.2 Å². The molecule has 1 saturated carbocycles. The molecular formula is C24H22N2O4S. The second-order valence-electron chi connectivity index (χ2n) is 8.25. The van der Waals surface area contributed by atoms with Gasteiger partial charge in [-0.2, -0.15) is 0 Å². The van der Waals surface area contributed by atoms with Crippen LogP contribution in [0.1, 0.15) is 39.8 Å². The van der Waals surface area contributed by atoms with E-state index in [9.17, 15) is 14.7 Å². The lowest BCUT2D eigenvalue weighted by Crippen LogP contribution is -2.56. The molecule has 31 heavy (non-hydrogen) atoms. The Morgan fingerprint density at radius 3 is 2.29 bits per heavy atom. The Bertz CT molecular complexity index is 1120. The summed E-state index contributed by atoms with van der Waals surface area (Å²) < 4.78 is 5.67. The minimum atomic E-state index is -0.849. The number of amides is 1. The third kappa shape index (κ3) is 3.39. The van der Waals surface area contributed by atoms with Crippen LogP contribution in [0.25, 0.3) is 11.1 Å². The lowest BCUT2D eigenvalue weighted by Gasteiger charge is -2.44. The number of carboxylic acid groups (broad SMARTS) is 1. The zero-order valence-corrected chi connectivity index (χ0v) is 17.8. The van der Waals surface area contributed by atoms with Crippen molar-refractivity contribution in [3.63, 3.8) is 0 Å².